The maximum atomic E-state index is 5.67. The van der Waals surface area contributed by atoms with E-state index in [4.69, 9.17) is 21.7 Å². The predicted octanol–water partition coefficient (Wildman–Crippen LogP) is 5.48. The minimum absolute atomic E-state index is 0.573. The fourth-order valence-corrected chi connectivity index (χ4v) is 2.88. The highest BCUT2D eigenvalue weighted by molar-refractivity contribution is 7.80. The van der Waals surface area contributed by atoms with Crippen LogP contribution >= 0.6 is 12.2 Å². The molecule has 0 aliphatic carbocycles. The van der Waals surface area contributed by atoms with Crippen LogP contribution in [0.2, 0.25) is 0 Å². The molecule has 146 valence electrons. The van der Waals surface area contributed by atoms with E-state index in [-0.39, 0.29) is 0 Å². The number of hydrogen-bond donors (Lipinski definition) is 2. The molecule has 0 heterocycles. The lowest BCUT2D eigenvalue weighted by Gasteiger charge is -2.15. The van der Waals surface area contributed by atoms with Crippen LogP contribution in [-0.4, -0.2) is 18.3 Å². The van der Waals surface area contributed by atoms with E-state index < -0.39 is 0 Å². The topological polar surface area (TPSA) is 42.5 Å². The molecule has 0 saturated carbocycles. The molecule has 0 unspecified atom stereocenters. The summed E-state index contributed by atoms with van der Waals surface area (Å²) in [5, 5.41) is 7.07. The van der Waals surface area contributed by atoms with Gasteiger partial charge in [0.15, 0.2) is 16.6 Å². The molecule has 2 aromatic rings. The highest BCUT2D eigenvalue weighted by atomic mass is 32.1. The van der Waals surface area contributed by atoms with Crippen LogP contribution in [0.4, 0.5) is 5.69 Å². The molecule has 0 aliphatic heterocycles. The average Bonchev–Trinajstić information content (AvgIpc) is 2.68. The van der Waals surface area contributed by atoms with Gasteiger partial charge in [0.1, 0.15) is 0 Å². The summed E-state index contributed by atoms with van der Waals surface area (Å²) in [5.41, 5.74) is 3.42. The predicted molar refractivity (Wildman–Crippen MR) is 117 cm³/mol. The maximum absolute atomic E-state index is 5.67. The van der Waals surface area contributed by atoms with Crippen molar-refractivity contribution in [2.75, 3.05) is 18.5 Å². The molecule has 0 fully saturated rings. The molecule has 5 heteroatoms. The van der Waals surface area contributed by atoms with Gasteiger partial charge < -0.3 is 20.1 Å². The molecular formula is C22H30N2O2S. The molecule has 0 aliphatic rings. The largest absolute Gasteiger partial charge is 0.490 e. The van der Waals surface area contributed by atoms with Crippen molar-refractivity contribution in [2.24, 2.45) is 0 Å². The van der Waals surface area contributed by atoms with Crippen molar-refractivity contribution in [1.82, 2.24) is 5.32 Å². The van der Waals surface area contributed by atoms with E-state index in [1.807, 2.05) is 32.0 Å². The molecule has 0 spiro atoms. The molecular weight excluding hydrogens is 356 g/mol. The van der Waals surface area contributed by atoms with Crippen molar-refractivity contribution < 1.29 is 9.47 Å². The highest BCUT2D eigenvalue weighted by Gasteiger charge is 2.07. The number of nitrogens with one attached hydrogen (secondary N) is 2. The first-order valence-corrected chi connectivity index (χ1v) is 10.0. The highest BCUT2D eigenvalue weighted by Crippen LogP contribution is 2.28. The number of thiocarbonyl (C=S) groups is 1. The number of benzene rings is 2. The average molecular weight is 387 g/mol. The second kappa shape index (κ2) is 10.8. The summed E-state index contributed by atoms with van der Waals surface area (Å²) in [7, 11) is 0. The minimum Gasteiger partial charge on any atom is -0.490 e. The zero-order chi connectivity index (χ0) is 19.6. The van der Waals surface area contributed by atoms with E-state index in [0.717, 1.165) is 29.2 Å². The van der Waals surface area contributed by atoms with Gasteiger partial charge in [0.25, 0.3) is 0 Å². The Morgan fingerprint density at radius 3 is 2.26 bits per heavy atom. The van der Waals surface area contributed by atoms with Gasteiger partial charge in [-0.2, -0.15) is 0 Å². The molecule has 0 bridgehead atoms. The summed E-state index contributed by atoms with van der Waals surface area (Å²) in [6, 6.07) is 14.4. The van der Waals surface area contributed by atoms with Gasteiger partial charge in [0.2, 0.25) is 0 Å². The van der Waals surface area contributed by atoms with Crippen molar-refractivity contribution in [3.05, 3.63) is 53.6 Å². The van der Waals surface area contributed by atoms with Gasteiger partial charge in [-0.1, -0.05) is 32.0 Å². The lowest BCUT2D eigenvalue weighted by atomic mass is 9.99. The lowest BCUT2D eigenvalue weighted by molar-refractivity contribution is 0.287. The summed E-state index contributed by atoms with van der Waals surface area (Å²) in [4.78, 5) is 0. The molecule has 4 nitrogen and oxygen atoms in total. The van der Waals surface area contributed by atoms with Crippen LogP contribution in [0, 0.1) is 0 Å². The fourth-order valence-electron chi connectivity index (χ4n) is 2.69. The third-order valence-corrected chi connectivity index (χ3v) is 4.66. The normalized spacial score (nSPS) is 11.6. The fraction of sp³-hybridized carbons (Fsp3) is 0.409. The second-order valence-corrected chi connectivity index (χ2v) is 6.79. The monoisotopic (exact) mass is 386 g/mol. The Kier molecular flexibility index (Phi) is 8.40. The second-order valence-electron chi connectivity index (χ2n) is 6.39. The molecule has 1 atom stereocenters. The molecule has 0 aromatic heterocycles. The summed E-state index contributed by atoms with van der Waals surface area (Å²) in [5.74, 6) is 2.10. The molecule has 2 rings (SSSR count). The Balaban J connectivity index is 1.92. The number of hydrogen-bond acceptors (Lipinski definition) is 3. The quantitative estimate of drug-likeness (QED) is 0.558. The first-order valence-electron chi connectivity index (χ1n) is 9.60. The summed E-state index contributed by atoms with van der Waals surface area (Å²) >= 11 is 5.42. The van der Waals surface area contributed by atoms with E-state index in [2.05, 4.69) is 48.7 Å². The van der Waals surface area contributed by atoms with Gasteiger partial charge >= 0.3 is 0 Å². The van der Waals surface area contributed by atoms with Crippen LogP contribution in [0.3, 0.4) is 0 Å². The van der Waals surface area contributed by atoms with Crippen LogP contribution in [-0.2, 0) is 6.54 Å². The number of ether oxygens (including phenoxy) is 2. The van der Waals surface area contributed by atoms with Gasteiger partial charge in [-0.3, -0.25) is 0 Å². The molecule has 0 saturated heterocycles. The molecule has 0 radical (unpaired) electrons. The summed E-state index contributed by atoms with van der Waals surface area (Å²) in [6.07, 6.45) is 1.14. The molecule has 2 aromatic carbocycles. The first kappa shape index (κ1) is 21.0. The van der Waals surface area contributed by atoms with Crippen LogP contribution in [0.1, 0.15) is 51.2 Å². The lowest BCUT2D eigenvalue weighted by Crippen LogP contribution is -2.27. The van der Waals surface area contributed by atoms with Gasteiger partial charge in [-0.05, 0) is 73.8 Å². The third kappa shape index (κ3) is 6.43. The van der Waals surface area contributed by atoms with E-state index >= 15 is 0 Å². The standard InChI is InChI=1S/C22H30N2O2S/c1-5-16(4)18-9-11-19(12-10-18)24-22(27)23-15-17-8-13-20(25-6-2)21(14-17)26-7-3/h8-14,16H,5-7,15H2,1-4H3,(H2,23,24,27)/t16-/m0/s1. The Hall–Kier alpha value is -2.27. The van der Waals surface area contributed by atoms with Crippen LogP contribution in [0.25, 0.3) is 0 Å². The van der Waals surface area contributed by atoms with Crippen molar-refractivity contribution in [3.63, 3.8) is 0 Å². The summed E-state index contributed by atoms with van der Waals surface area (Å²) < 4.78 is 11.3. The van der Waals surface area contributed by atoms with E-state index in [1.165, 1.54) is 5.56 Å². The van der Waals surface area contributed by atoms with Crippen molar-refractivity contribution in [2.45, 2.75) is 46.6 Å². The minimum atomic E-state index is 0.573. The summed E-state index contributed by atoms with van der Waals surface area (Å²) in [6.45, 7) is 10.2. The number of anilines is 1. The van der Waals surface area contributed by atoms with Crippen molar-refractivity contribution in [1.29, 1.82) is 0 Å². The van der Waals surface area contributed by atoms with Crippen LogP contribution < -0.4 is 20.1 Å². The molecule has 27 heavy (non-hydrogen) atoms. The van der Waals surface area contributed by atoms with E-state index in [1.54, 1.807) is 0 Å². The number of rotatable bonds is 9. The van der Waals surface area contributed by atoms with Crippen LogP contribution in [0.5, 0.6) is 11.5 Å². The Morgan fingerprint density at radius 1 is 0.963 bits per heavy atom. The zero-order valence-corrected chi connectivity index (χ0v) is 17.5. The van der Waals surface area contributed by atoms with Gasteiger partial charge in [0, 0.05) is 12.2 Å². The Bertz CT molecular complexity index is 732. The first-order chi connectivity index (χ1) is 13.1. The van der Waals surface area contributed by atoms with Crippen molar-refractivity contribution in [3.8, 4) is 11.5 Å². The van der Waals surface area contributed by atoms with Gasteiger partial charge in [-0.15, -0.1) is 0 Å². The third-order valence-electron chi connectivity index (χ3n) is 4.41. The van der Waals surface area contributed by atoms with Gasteiger partial charge in [0.05, 0.1) is 13.2 Å². The Morgan fingerprint density at radius 2 is 1.63 bits per heavy atom. The zero-order valence-electron chi connectivity index (χ0n) is 16.7. The van der Waals surface area contributed by atoms with Gasteiger partial charge in [-0.25, -0.2) is 0 Å². The molecule has 2 N–H and O–H groups in total. The Labute approximate surface area is 168 Å². The van der Waals surface area contributed by atoms with E-state index in [9.17, 15) is 0 Å². The smallest absolute Gasteiger partial charge is 0.171 e. The van der Waals surface area contributed by atoms with Crippen LogP contribution in [0.15, 0.2) is 42.5 Å². The SMILES string of the molecule is CCOc1ccc(CNC(=S)Nc2ccc([C@@H](C)CC)cc2)cc1OCC. The van der Waals surface area contributed by atoms with E-state index in [0.29, 0.717) is 30.8 Å². The van der Waals surface area contributed by atoms with Crippen molar-refractivity contribution >= 4 is 23.0 Å². The molecule has 0 amide bonds. The maximum Gasteiger partial charge on any atom is 0.171 e.